The highest BCUT2D eigenvalue weighted by atomic mass is 35.7. The van der Waals surface area contributed by atoms with Crippen molar-refractivity contribution >= 4 is 19.7 Å². The monoisotopic (exact) mass is 168 g/mol. The highest BCUT2D eigenvalue weighted by molar-refractivity contribution is 8.14. The quantitative estimate of drug-likeness (QED) is 0.554. The van der Waals surface area contributed by atoms with Crippen LogP contribution >= 0.6 is 10.7 Å². The van der Waals surface area contributed by atoms with Gasteiger partial charge in [-0.05, 0) is 18.8 Å². The summed E-state index contributed by atoms with van der Waals surface area (Å²) in [7, 11) is 1.86. The van der Waals surface area contributed by atoms with Gasteiger partial charge in [-0.3, -0.25) is 0 Å². The average molecular weight is 169 g/mol. The Labute approximate surface area is 59.6 Å². The predicted molar refractivity (Wildman–Crippen MR) is 37.0 cm³/mol. The van der Waals surface area contributed by atoms with E-state index in [2.05, 4.69) is 0 Å². The first kappa shape index (κ1) is 7.35. The summed E-state index contributed by atoms with van der Waals surface area (Å²) < 4.78 is 21.2. The van der Waals surface area contributed by atoms with E-state index in [9.17, 15) is 8.42 Å². The van der Waals surface area contributed by atoms with E-state index in [1.165, 1.54) is 0 Å². The SMILES string of the molecule is CC1CC[C@@H]1S(=O)(=O)Cl. The molecular weight excluding hydrogens is 160 g/mol. The van der Waals surface area contributed by atoms with Crippen LogP contribution in [-0.4, -0.2) is 13.7 Å². The van der Waals surface area contributed by atoms with Gasteiger partial charge in [-0.1, -0.05) is 6.92 Å². The molecule has 9 heavy (non-hydrogen) atoms. The normalized spacial score (nSPS) is 35.8. The topological polar surface area (TPSA) is 34.1 Å². The van der Waals surface area contributed by atoms with Gasteiger partial charge >= 0.3 is 0 Å². The molecule has 0 saturated heterocycles. The highest BCUT2D eigenvalue weighted by Crippen LogP contribution is 2.34. The van der Waals surface area contributed by atoms with E-state index >= 15 is 0 Å². The van der Waals surface area contributed by atoms with Crippen LogP contribution in [0.4, 0.5) is 0 Å². The molecule has 54 valence electrons. The third-order valence-electron chi connectivity index (χ3n) is 1.90. The van der Waals surface area contributed by atoms with Gasteiger partial charge in [-0.25, -0.2) is 8.42 Å². The molecule has 0 radical (unpaired) electrons. The Hall–Kier alpha value is 0.240. The summed E-state index contributed by atoms with van der Waals surface area (Å²) in [6, 6.07) is 0. The third kappa shape index (κ3) is 1.38. The molecule has 0 amide bonds. The molecule has 0 heterocycles. The Morgan fingerprint density at radius 3 is 2.00 bits per heavy atom. The molecule has 2 atom stereocenters. The second-order valence-corrected chi connectivity index (χ2v) is 5.42. The van der Waals surface area contributed by atoms with Crippen molar-refractivity contribution in [2.24, 2.45) is 5.92 Å². The molecule has 0 spiro atoms. The predicted octanol–water partition coefficient (Wildman–Crippen LogP) is 1.35. The van der Waals surface area contributed by atoms with E-state index < -0.39 is 9.05 Å². The average Bonchev–Trinajstić information content (AvgIpc) is 1.57. The summed E-state index contributed by atoms with van der Waals surface area (Å²) in [6.45, 7) is 1.91. The molecule has 1 unspecified atom stereocenters. The molecule has 1 saturated carbocycles. The lowest BCUT2D eigenvalue weighted by Gasteiger charge is -2.30. The third-order valence-corrected chi connectivity index (χ3v) is 4.01. The van der Waals surface area contributed by atoms with E-state index in [1.54, 1.807) is 0 Å². The molecule has 0 bridgehead atoms. The summed E-state index contributed by atoms with van der Waals surface area (Å²) in [6.07, 6.45) is 1.74. The summed E-state index contributed by atoms with van der Waals surface area (Å²) in [4.78, 5) is 0. The lowest BCUT2D eigenvalue weighted by atomic mass is 9.87. The molecule has 0 aromatic carbocycles. The smallest absolute Gasteiger partial charge is 0.212 e. The first-order valence-electron chi connectivity index (χ1n) is 2.95. The lowest BCUT2D eigenvalue weighted by molar-refractivity contribution is 0.348. The van der Waals surface area contributed by atoms with Crippen LogP contribution in [0, 0.1) is 5.92 Å². The molecule has 0 aromatic heterocycles. The fraction of sp³-hybridized carbons (Fsp3) is 1.00. The highest BCUT2D eigenvalue weighted by Gasteiger charge is 2.36. The molecule has 0 N–H and O–H groups in total. The first-order chi connectivity index (χ1) is 4.02. The van der Waals surface area contributed by atoms with E-state index in [0.717, 1.165) is 12.8 Å². The lowest BCUT2D eigenvalue weighted by Crippen LogP contribution is -2.33. The van der Waals surface area contributed by atoms with E-state index in [4.69, 9.17) is 10.7 Å². The second kappa shape index (κ2) is 2.13. The van der Waals surface area contributed by atoms with Crippen LogP contribution in [0.2, 0.25) is 0 Å². The molecule has 1 aliphatic rings. The first-order valence-corrected chi connectivity index (χ1v) is 5.32. The van der Waals surface area contributed by atoms with Crippen molar-refractivity contribution in [1.29, 1.82) is 0 Å². The molecule has 0 aromatic rings. The van der Waals surface area contributed by atoms with Gasteiger partial charge in [0.2, 0.25) is 9.05 Å². The molecule has 1 fully saturated rings. The number of hydrogen-bond acceptors (Lipinski definition) is 2. The fourth-order valence-corrected chi connectivity index (χ4v) is 2.96. The summed E-state index contributed by atoms with van der Waals surface area (Å²) >= 11 is 0. The van der Waals surface area contributed by atoms with E-state index in [0.29, 0.717) is 0 Å². The maximum Gasteiger partial charge on any atom is 0.235 e. The number of rotatable bonds is 1. The number of hydrogen-bond donors (Lipinski definition) is 0. The van der Waals surface area contributed by atoms with Crippen molar-refractivity contribution in [2.45, 2.75) is 25.0 Å². The van der Waals surface area contributed by atoms with Crippen LogP contribution in [0.5, 0.6) is 0 Å². The van der Waals surface area contributed by atoms with Crippen LogP contribution in [-0.2, 0) is 9.05 Å². The van der Waals surface area contributed by atoms with Gasteiger partial charge in [0.25, 0.3) is 0 Å². The standard InChI is InChI=1S/C5H9ClO2S/c1-4-2-3-5(4)9(6,7)8/h4-5H,2-3H2,1H3/t4?,5-/m0/s1. The van der Waals surface area contributed by atoms with Gasteiger partial charge in [0.05, 0.1) is 5.25 Å². The molecular formula is C5H9ClO2S. The van der Waals surface area contributed by atoms with Crippen LogP contribution in [0.15, 0.2) is 0 Å². The maximum atomic E-state index is 10.6. The van der Waals surface area contributed by atoms with E-state index in [1.807, 2.05) is 6.92 Å². The van der Waals surface area contributed by atoms with Gasteiger partial charge in [-0.2, -0.15) is 0 Å². The van der Waals surface area contributed by atoms with E-state index in [-0.39, 0.29) is 11.2 Å². The minimum atomic E-state index is -3.24. The van der Waals surface area contributed by atoms with Gasteiger partial charge in [0.1, 0.15) is 0 Å². The zero-order valence-corrected chi connectivity index (χ0v) is 6.74. The largest absolute Gasteiger partial charge is 0.235 e. The molecule has 4 heteroatoms. The Balaban J connectivity index is 2.66. The van der Waals surface area contributed by atoms with Crippen molar-refractivity contribution in [2.75, 3.05) is 0 Å². The molecule has 1 aliphatic carbocycles. The summed E-state index contributed by atoms with van der Waals surface area (Å²) in [5, 5.41) is -0.265. The molecule has 0 aliphatic heterocycles. The Morgan fingerprint density at radius 2 is 2.00 bits per heavy atom. The van der Waals surface area contributed by atoms with Gasteiger partial charge in [0, 0.05) is 10.7 Å². The molecule has 1 rings (SSSR count). The van der Waals surface area contributed by atoms with Crippen molar-refractivity contribution in [1.82, 2.24) is 0 Å². The fourth-order valence-electron chi connectivity index (χ4n) is 1.05. The minimum absolute atomic E-state index is 0.265. The van der Waals surface area contributed by atoms with Crippen molar-refractivity contribution in [3.8, 4) is 0 Å². The zero-order chi connectivity index (χ0) is 7.07. The van der Waals surface area contributed by atoms with Gasteiger partial charge in [-0.15, -0.1) is 0 Å². The van der Waals surface area contributed by atoms with Crippen LogP contribution in [0.1, 0.15) is 19.8 Å². The van der Waals surface area contributed by atoms with Crippen LogP contribution in [0.25, 0.3) is 0 Å². The maximum absolute atomic E-state index is 10.6. The van der Waals surface area contributed by atoms with Gasteiger partial charge in [0.15, 0.2) is 0 Å². The Bertz CT molecular complexity index is 197. The Kier molecular flexibility index (Phi) is 1.74. The van der Waals surface area contributed by atoms with Crippen molar-refractivity contribution < 1.29 is 8.42 Å². The van der Waals surface area contributed by atoms with Crippen LogP contribution in [0.3, 0.4) is 0 Å². The van der Waals surface area contributed by atoms with Crippen LogP contribution < -0.4 is 0 Å². The van der Waals surface area contributed by atoms with Crippen molar-refractivity contribution in [3.63, 3.8) is 0 Å². The minimum Gasteiger partial charge on any atom is -0.212 e. The van der Waals surface area contributed by atoms with Crippen molar-refractivity contribution in [3.05, 3.63) is 0 Å². The molecule has 2 nitrogen and oxygen atoms in total. The number of halogens is 1. The van der Waals surface area contributed by atoms with Gasteiger partial charge < -0.3 is 0 Å². The summed E-state index contributed by atoms with van der Waals surface area (Å²) in [5.74, 6) is 0.271. The zero-order valence-electron chi connectivity index (χ0n) is 5.17. The second-order valence-electron chi connectivity index (χ2n) is 2.57. The summed E-state index contributed by atoms with van der Waals surface area (Å²) in [5.41, 5.74) is 0. The Morgan fingerprint density at radius 1 is 1.44 bits per heavy atom.